The lowest BCUT2D eigenvalue weighted by molar-refractivity contribution is 1.67. The average molecular weight is 142 g/mol. The summed E-state index contributed by atoms with van der Waals surface area (Å²) < 4.78 is 0. The van der Waals surface area contributed by atoms with Crippen LogP contribution in [0.1, 0.15) is 5.56 Å². The maximum Gasteiger partial charge on any atom is 0.139 e. The summed E-state index contributed by atoms with van der Waals surface area (Å²) in [5.41, 5.74) is 3.39. The van der Waals surface area contributed by atoms with Crippen molar-refractivity contribution >= 4 is 18.9 Å². The van der Waals surface area contributed by atoms with E-state index in [1.54, 1.807) is 6.08 Å². The van der Waals surface area contributed by atoms with Gasteiger partial charge in [-0.15, -0.1) is 0 Å². The second kappa shape index (κ2) is 3.24. The van der Waals surface area contributed by atoms with E-state index >= 15 is 0 Å². The van der Waals surface area contributed by atoms with Crippen LogP contribution >= 0.6 is 0 Å². The molecule has 0 heterocycles. The fraction of sp³-hybridized carbons (Fsp3) is 0. The first-order chi connectivity index (χ1) is 5.24. The third kappa shape index (κ3) is 1.84. The predicted molar refractivity (Wildman–Crippen MR) is 53.9 cm³/mol. The topological polar surface area (TPSA) is 0 Å². The normalized spacial score (nSPS) is 9.09. The summed E-state index contributed by atoms with van der Waals surface area (Å²) in [6.45, 7) is 7.53. The van der Waals surface area contributed by atoms with Crippen LogP contribution in [-0.2, 0) is 0 Å². The molecule has 11 heavy (non-hydrogen) atoms. The summed E-state index contributed by atoms with van der Waals surface area (Å²) >= 11 is 0. The molecule has 0 amide bonds. The van der Waals surface area contributed by atoms with E-state index in [0.29, 0.717) is 0 Å². The zero-order valence-electron chi connectivity index (χ0n) is 6.80. The molecule has 0 aromatic heterocycles. The Morgan fingerprint density at radius 3 is 2.73 bits per heavy atom. The van der Waals surface area contributed by atoms with Gasteiger partial charge in [0.15, 0.2) is 0 Å². The maximum atomic E-state index is 3.87. The molecular formula is C10H11B. The molecule has 1 aromatic rings. The molecule has 1 rings (SSSR count). The predicted octanol–water partition coefficient (Wildman–Crippen LogP) is 1.14. The van der Waals surface area contributed by atoms with Crippen LogP contribution in [0.15, 0.2) is 43.5 Å². The van der Waals surface area contributed by atoms with E-state index < -0.39 is 0 Å². The number of hydrogen-bond acceptors (Lipinski definition) is 0. The number of allylic oxidation sites excluding steroid dienone is 2. The van der Waals surface area contributed by atoms with Crippen LogP contribution in [0.2, 0.25) is 0 Å². The van der Waals surface area contributed by atoms with Crippen LogP contribution in [0.4, 0.5) is 0 Å². The number of hydrogen-bond donors (Lipinski definition) is 0. The largest absolute Gasteiger partial charge is 0.139 e. The van der Waals surface area contributed by atoms with Gasteiger partial charge in [0, 0.05) is 0 Å². The second-order valence-corrected chi connectivity index (χ2v) is 2.60. The molecule has 0 saturated heterocycles. The van der Waals surface area contributed by atoms with Gasteiger partial charge in [-0.25, -0.2) is 0 Å². The summed E-state index contributed by atoms with van der Waals surface area (Å²) in [5, 5.41) is 0. The molecule has 0 unspecified atom stereocenters. The Bertz CT molecular complexity index is 287. The molecule has 0 fully saturated rings. The molecule has 1 heteroatoms. The maximum absolute atomic E-state index is 3.87. The molecule has 0 atom stereocenters. The highest BCUT2D eigenvalue weighted by atomic mass is 14.0. The molecule has 0 bridgehead atoms. The lowest BCUT2D eigenvalue weighted by atomic mass is 9.93. The highest BCUT2D eigenvalue weighted by Crippen LogP contribution is 2.09. The van der Waals surface area contributed by atoms with Crippen LogP contribution in [0.25, 0.3) is 5.57 Å². The van der Waals surface area contributed by atoms with Crippen LogP contribution in [-0.4, -0.2) is 7.85 Å². The van der Waals surface area contributed by atoms with Gasteiger partial charge in [-0.1, -0.05) is 49.0 Å². The third-order valence-corrected chi connectivity index (χ3v) is 1.64. The summed E-state index contributed by atoms with van der Waals surface area (Å²) in [5.74, 6) is 0. The first-order valence-electron chi connectivity index (χ1n) is 3.62. The first-order valence-corrected chi connectivity index (χ1v) is 3.62. The van der Waals surface area contributed by atoms with Gasteiger partial charge >= 0.3 is 0 Å². The van der Waals surface area contributed by atoms with E-state index in [1.165, 1.54) is 5.46 Å². The minimum absolute atomic E-state index is 0.980. The van der Waals surface area contributed by atoms with Crippen molar-refractivity contribution in [2.45, 2.75) is 0 Å². The van der Waals surface area contributed by atoms with E-state index in [9.17, 15) is 0 Å². The third-order valence-electron chi connectivity index (χ3n) is 1.64. The highest BCUT2D eigenvalue weighted by molar-refractivity contribution is 6.32. The smallest absolute Gasteiger partial charge is 0.0985 e. The monoisotopic (exact) mass is 142 g/mol. The van der Waals surface area contributed by atoms with Gasteiger partial charge in [-0.3, -0.25) is 0 Å². The fourth-order valence-electron chi connectivity index (χ4n) is 0.963. The minimum Gasteiger partial charge on any atom is -0.0985 e. The Hall–Kier alpha value is -1.24. The zero-order valence-corrected chi connectivity index (χ0v) is 6.80. The van der Waals surface area contributed by atoms with Crippen LogP contribution < -0.4 is 5.46 Å². The van der Waals surface area contributed by atoms with Gasteiger partial charge in [0.2, 0.25) is 0 Å². The van der Waals surface area contributed by atoms with Crippen molar-refractivity contribution in [2.75, 3.05) is 0 Å². The van der Waals surface area contributed by atoms with Crippen molar-refractivity contribution in [2.24, 2.45) is 0 Å². The van der Waals surface area contributed by atoms with E-state index in [0.717, 1.165) is 11.1 Å². The van der Waals surface area contributed by atoms with Crippen molar-refractivity contribution in [1.29, 1.82) is 0 Å². The second-order valence-electron chi connectivity index (χ2n) is 2.60. The molecule has 0 aliphatic carbocycles. The zero-order chi connectivity index (χ0) is 8.27. The summed E-state index contributed by atoms with van der Waals surface area (Å²) in [4.78, 5) is 0. The molecule has 0 aliphatic rings. The van der Waals surface area contributed by atoms with Gasteiger partial charge in [0.1, 0.15) is 7.85 Å². The molecule has 0 radical (unpaired) electrons. The van der Waals surface area contributed by atoms with Crippen molar-refractivity contribution < 1.29 is 0 Å². The van der Waals surface area contributed by atoms with Crippen molar-refractivity contribution in [3.05, 3.63) is 49.1 Å². The molecule has 54 valence electrons. The summed E-state index contributed by atoms with van der Waals surface area (Å²) in [6, 6.07) is 8.24. The molecule has 1 aromatic carbocycles. The van der Waals surface area contributed by atoms with E-state index in [1.807, 2.05) is 12.1 Å². The van der Waals surface area contributed by atoms with E-state index in [-0.39, 0.29) is 0 Å². The van der Waals surface area contributed by atoms with Crippen LogP contribution in [0.5, 0.6) is 0 Å². The van der Waals surface area contributed by atoms with E-state index in [2.05, 4.69) is 33.1 Å². The lowest BCUT2D eigenvalue weighted by Crippen LogP contribution is -2.00. The van der Waals surface area contributed by atoms with Crippen molar-refractivity contribution in [3.8, 4) is 0 Å². The van der Waals surface area contributed by atoms with Gasteiger partial charge in [-0.05, 0) is 11.1 Å². The van der Waals surface area contributed by atoms with Gasteiger partial charge in [0.25, 0.3) is 0 Å². The lowest BCUT2D eigenvalue weighted by Gasteiger charge is -2.00. The Morgan fingerprint density at radius 2 is 2.18 bits per heavy atom. The Kier molecular flexibility index (Phi) is 2.32. The minimum atomic E-state index is 0.980. The number of rotatable bonds is 2. The summed E-state index contributed by atoms with van der Waals surface area (Å²) in [7, 11) is 2.07. The first kappa shape index (κ1) is 7.87. The Labute approximate surface area is 68.7 Å². The van der Waals surface area contributed by atoms with E-state index in [4.69, 9.17) is 0 Å². The average Bonchev–Trinajstić information content (AvgIpc) is 2.03. The van der Waals surface area contributed by atoms with Crippen LogP contribution in [0, 0.1) is 0 Å². The Morgan fingerprint density at radius 1 is 1.45 bits per heavy atom. The molecule has 0 saturated carbocycles. The molecule has 0 aliphatic heterocycles. The van der Waals surface area contributed by atoms with Crippen LogP contribution in [0.3, 0.4) is 0 Å². The highest BCUT2D eigenvalue weighted by Gasteiger charge is 1.92. The molecule has 0 spiro atoms. The SMILES string of the molecule is Bc1cccc(C(=C)C=C)c1. The van der Waals surface area contributed by atoms with Crippen molar-refractivity contribution in [3.63, 3.8) is 0 Å². The quantitative estimate of drug-likeness (QED) is 0.429. The standard InChI is InChI=1S/C10H11B/c1-3-8(2)9-5-4-6-10(11)7-9/h3-7H,1-2,11H2. The van der Waals surface area contributed by atoms with Crippen molar-refractivity contribution in [1.82, 2.24) is 0 Å². The molecule has 0 N–H and O–H groups in total. The molecule has 0 nitrogen and oxygen atoms in total. The van der Waals surface area contributed by atoms with Gasteiger partial charge < -0.3 is 0 Å². The van der Waals surface area contributed by atoms with Gasteiger partial charge in [-0.2, -0.15) is 0 Å². The fourth-order valence-corrected chi connectivity index (χ4v) is 0.963. The van der Waals surface area contributed by atoms with Gasteiger partial charge in [0.05, 0.1) is 0 Å². The molecular weight excluding hydrogens is 131 g/mol. The summed E-state index contributed by atoms with van der Waals surface area (Å²) in [6.07, 6.45) is 1.77. The Balaban J connectivity index is 3.05. The number of benzene rings is 1.